The molecule has 0 amide bonds. The second kappa shape index (κ2) is 4.35. The van der Waals surface area contributed by atoms with Crippen LogP contribution in [-0.2, 0) is 11.6 Å². The Kier molecular flexibility index (Phi) is 3.60. The Morgan fingerprint density at radius 3 is 1.71 bits per heavy atom. The van der Waals surface area contributed by atoms with Crippen LogP contribution >= 0.6 is 0 Å². The van der Waals surface area contributed by atoms with E-state index in [2.05, 4.69) is 0 Å². The van der Waals surface area contributed by atoms with E-state index in [0.29, 0.717) is 5.56 Å². The van der Waals surface area contributed by atoms with Gasteiger partial charge in [-0.1, -0.05) is 19.9 Å². The number of hydrogen-bond donors (Lipinski definition) is 0. The molecule has 0 aliphatic carbocycles. The van der Waals surface area contributed by atoms with Crippen molar-refractivity contribution in [2.45, 2.75) is 52.1 Å². The molecule has 0 unspecified atom stereocenters. The first-order chi connectivity index (χ1) is 7.51. The Bertz CT molecular complexity index is 363. The average Bonchev–Trinajstić information content (AvgIpc) is 2.14. The molecule has 0 N–H and O–H groups in total. The summed E-state index contributed by atoms with van der Waals surface area (Å²) in [5, 5.41) is 0. The summed E-state index contributed by atoms with van der Waals surface area (Å²) in [5.41, 5.74) is -0.681. The van der Waals surface area contributed by atoms with E-state index in [9.17, 15) is 13.2 Å². The van der Waals surface area contributed by atoms with Gasteiger partial charge >= 0.3 is 0 Å². The predicted molar refractivity (Wildman–Crippen MR) is 64.2 cm³/mol. The molecule has 1 aromatic carbocycles. The highest BCUT2D eigenvalue weighted by molar-refractivity contribution is 5.36. The van der Waals surface area contributed by atoms with Gasteiger partial charge in [-0.25, -0.2) is 13.2 Å². The van der Waals surface area contributed by atoms with Gasteiger partial charge in [0.15, 0.2) is 0 Å². The molecule has 0 radical (unpaired) electrons. The standard InChI is InChI=1S/C14H19F3/c1-9(2)10-6-11(13(3,4)15)8-12(7-10)14(5,16)17/h6-9H,1-5H3. The van der Waals surface area contributed by atoms with Crippen LogP contribution in [0.15, 0.2) is 18.2 Å². The van der Waals surface area contributed by atoms with Crippen molar-refractivity contribution in [1.82, 2.24) is 0 Å². The van der Waals surface area contributed by atoms with E-state index in [4.69, 9.17) is 0 Å². The molecular formula is C14H19F3. The molecule has 0 nitrogen and oxygen atoms in total. The van der Waals surface area contributed by atoms with Crippen molar-refractivity contribution in [2.24, 2.45) is 0 Å². The van der Waals surface area contributed by atoms with Gasteiger partial charge in [0, 0.05) is 12.5 Å². The fourth-order valence-electron chi connectivity index (χ4n) is 1.58. The van der Waals surface area contributed by atoms with Crippen molar-refractivity contribution in [3.05, 3.63) is 34.9 Å². The summed E-state index contributed by atoms with van der Waals surface area (Å²) in [6.07, 6.45) is 0. The molecule has 0 atom stereocenters. The van der Waals surface area contributed by atoms with E-state index in [1.54, 1.807) is 6.07 Å². The summed E-state index contributed by atoms with van der Waals surface area (Å²) in [6.45, 7) is 7.40. The molecule has 0 saturated heterocycles. The Morgan fingerprint density at radius 2 is 1.35 bits per heavy atom. The highest BCUT2D eigenvalue weighted by Crippen LogP contribution is 2.34. The van der Waals surface area contributed by atoms with Crippen LogP contribution in [-0.4, -0.2) is 0 Å². The minimum Gasteiger partial charge on any atom is -0.239 e. The van der Waals surface area contributed by atoms with Crippen LogP contribution in [0.1, 0.15) is 57.2 Å². The first-order valence-electron chi connectivity index (χ1n) is 5.74. The molecule has 0 aliphatic heterocycles. The largest absolute Gasteiger partial charge is 0.270 e. The quantitative estimate of drug-likeness (QED) is 0.691. The zero-order valence-electron chi connectivity index (χ0n) is 10.9. The zero-order valence-corrected chi connectivity index (χ0v) is 10.9. The van der Waals surface area contributed by atoms with E-state index in [0.717, 1.165) is 12.5 Å². The van der Waals surface area contributed by atoms with Crippen LogP contribution in [0.2, 0.25) is 0 Å². The molecule has 0 aliphatic rings. The van der Waals surface area contributed by atoms with Crippen LogP contribution in [0.5, 0.6) is 0 Å². The molecule has 0 aromatic heterocycles. The summed E-state index contributed by atoms with van der Waals surface area (Å²) in [5.74, 6) is -2.84. The monoisotopic (exact) mass is 244 g/mol. The summed E-state index contributed by atoms with van der Waals surface area (Å²) < 4.78 is 40.6. The summed E-state index contributed by atoms with van der Waals surface area (Å²) in [4.78, 5) is 0. The smallest absolute Gasteiger partial charge is 0.239 e. The lowest BCUT2D eigenvalue weighted by Gasteiger charge is -2.21. The van der Waals surface area contributed by atoms with Gasteiger partial charge in [0.1, 0.15) is 5.67 Å². The van der Waals surface area contributed by atoms with Crippen LogP contribution < -0.4 is 0 Å². The van der Waals surface area contributed by atoms with E-state index < -0.39 is 11.6 Å². The highest BCUT2D eigenvalue weighted by atomic mass is 19.3. The SMILES string of the molecule is CC(C)c1cc(C(C)(C)F)cc(C(C)(F)F)c1. The number of rotatable bonds is 3. The molecule has 1 rings (SSSR count). The van der Waals surface area contributed by atoms with Gasteiger partial charge in [0.25, 0.3) is 5.92 Å². The predicted octanol–water partition coefficient (Wildman–Crippen LogP) is 5.13. The molecule has 0 heterocycles. The second-order valence-electron chi connectivity index (χ2n) is 5.36. The third-order valence-electron chi connectivity index (χ3n) is 2.82. The van der Waals surface area contributed by atoms with Gasteiger partial charge in [-0.3, -0.25) is 0 Å². The summed E-state index contributed by atoms with van der Waals surface area (Å²) >= 11 is 0. The lowest BCUT2D eigenvalue weighted by atomic mass is 9.90. The molecule has 96 valence electrons. The normalized spacial score (nSPS) is 13.2. The topological polar surface area (TPSA) is 0 Å². The van der Waals surface area contributed by atoms with Crippen LogP contribution in [0.4, 0.5) is 13.2 Å². The average molecular weight is 244 g/mol. The third kappa shape index (κ3) is 3.48. The van der Waals surface area contributed by atoms with Crippen molar-refractivity contribution in [1.29, 1.82) is 0 Å². The molecule has 0 bridgehead atoms. The van der Waals surface area contributed by atoms with Crippen molar-refractivity contribution in [3.8, 4) is 0 Å². The van der Waals surface area contributed by atoms with Gasteiger partial charge in [-0.15, -0.1) is 0 Å². The number of halogens is 3. The van der Waals surface area contributed by atoms with Gasteiger partial charge in [-0.05, 0) is 43.0 Å². The molecular weight excluding hydrogens is 225 g/mol. The lowest BCUT2D eigenvalue weighted by Crippen LogP contribution is -2.14. The molecule has 1 aromatic rings. The molecule has 0 spiro atoms. The second-order valence-corrected chi connectivity index (χ2v) is 5.36. The zero-order chi connectivity index (χ0) is 13.4. The maximum atomic E-state index is 13.9. The number of benzene rings is 1. The van der Waals surface area contributed by atoms with Crippen molar-refractivity contribution < 1.29 is 13.2 Å². The van der Waals surface area contributed by atoms with Crippen molar-refractivity contribution >= 4 is 0 Å². The van der Waals surface area contributed by atoms with Gasteiger partial charge in [0.2, 0.25) is 0 Å². The number of hydrogen-bond acceptors (Lipinski definition) is 0. The minimum atomic E-state index is -2.94. The Balaban J connectivity index is 3.40. The Hall–Kier alpha value is -0.990. The van der Waals surface area contributed by atoms with Gasteiger partial charge in [-0.2, -0.15) is 0 Å². The van der Waals surface area contributed by atoms with Crippen molar-refractivity contribution in [3.63, 3.8) is 0 Å². The van der Waals surface area contributed by atoms with E-state index in [1.165, 1.54) is 26.0 Å². The van der Waals surface area contributed by atoms with E-state index in [1.807, 2.05) is 13.8 Å². The molecule has 17 heavy (non-hydrogen) atoms. The lowest BCUT2D eigenvalue weighted by molar-refractivity contribution is 0.0171. The molecule has 0 fully saturated rings. The fourth-order valence-corrected chi connectivity index (χ4v) is 1.58. The van der Waals surface area contributed by atoms with Crippen molar-refractivity contribution in [2.75, 3.05) is 0 Å². The molecule has 3 heteroatoms. The first kappa shape index (κ1) is 14.1. The fraction of sp³-hybridized carbons (Fsp3) is 0.571. The van der Waals surface area contributed by atoms with Gasteiger partial charge in [0.05, 0.1) is 0 Å². The van der Waals surface area contributed by atoms with Crippen LogP contribution in [0.3, 0.4) is 0 Å². The Labute approximate surface area is 101 Å². The minimum absolute atomic E-state index is 0.0957. The maximum absolute atomic E-state index is 13.9. The maximum Gasteiger partial charge on any atom is 0.270 e. The van der Waals surface area contributed by atoms with Gasteiger partial charge < -0.3 is 0 Å². The first-order valence-corrected chi connectivity index (χ1v) is 5.74. The summed E-state index contributed by atoms with van der Waals surface area (Å²) in [7, 11) is 0. The van der Waals surface area contributed by atoms with E-state index >= 15 is 0 Å². The highest BCUT2D eigenvalue weighted by Gasteiger charge is 2.28. The number of alkyl halides is 3. The molecule has 0 saturated carbocycles. The third-order valence-corrected chi connectivity index (χ3v) is 2.82. The van der Waals surface area contributed by atoms with E-state index in [-0.39, 0.29) is 11.5 Å². The van der Waals surface area contributed by atoms with Crippen LogP contribution in [0.25, 0.3) is 0 Å². The summed E-state index contributed by atoms with van der Waals surface area (Å²) in [6, 6.07) is 4.38. The Morgan fingerprint density at radius 1 is 0.882 bits per heavy atom. The van der Waals surface area contributed by atoms with Crippen LogP contribution in [0, 0.1) is 0 Å².